The topological polar surface area (TPSA) is 86.5 Å². The molecule has 1 aliphatic heterocycles. The van der Waals surface area contributed by atoms with Gasteiger partial charge in [-0.05, 0) is 36.4 Å². The molecule has 2 heterocycles. The SMILES string of the molecule is O=C(Nc1nnc(-c2ccc3c(c2)OCO3)o1)c1cc(Br)ccc1Cl. The Morgan fingerprint density at radius 2 is 1.96 bits per heavy atom. The van der Waals surface area contributed by atoms with E-state index < -0.39 is 5.91 Å². The van der Waals surface area contributed by atoms with Gasteiger partial charge in [0.15, 0.2) is 11.5 Å². The van der Waals surface area contributed by atoms with Gasteiger partial charge in [-0.25, -0.2) is 0 Å². The number of halogens is 2. The molecule has 0 fully saturated rings. The third-order valence-electron chi connectivity index (χ3n) is 3.44. The second-order valence-electron chi connectivity index (χ2n) is 5.06. The third-order valence-corrected chi connectivity index (χ3v) is 4.26. The molecule has 0 aliphatic carbocycles. The van der Waals surface area contributed by atoms with Gasteiger partial charge in [-0.1, -0.05) is 32.6 Å². The van der Waals surface area contributed by atoms with E-state index in [9.17, 15) is 4.79 Å². The minimum Gasteiger partial charge on any atom is -0.454 e. The number of ether oxygens (including phenoxy) is 2. The first-order chi connectivity index (χ1) is 12.1. The second kappa shape index (κ2) is 6.38. The number of nitrogens with zero attached hydrogens (tertiary/aromatic N) is 2. The lowest BCUT2D eigenvalue weighted by Crippen LogP contribution is -2.12. The van der Waals surface area contributed by atoms with Crippen LogP contribution in [0.25, 0.3) is 11.5 Å². The van der Waals surface area contributed by atoms with Crippen molar-refractivity contribution in [3.63, 3.8) is 0 Å². The molecule has 0 saturated carbocycles. The number of carbonyl (C=O) groups is 1. The Morgan fingerprint density at radius 3 is 2.84 bits per heavy atom. The van der Waals surface area contributed by atoms with Crippen molar-refractivity contribution in [1.29, 1.82) is 0 Å². The van der Waals surface area contributed by atoms with Crippen LogP contribution in [0.15, 0.2) is 45.3 Å². The fourth-order valence-corrected chi connectivity index (χ4v) is 2.82. The summed E-state index contributed by atoms with van der Waals surface area (Å²) in [4.78, 5) is 12.3. The first-order valence-electron chi connectivity index (χ1n) is 7.10. The molecule has 1 amide bonds. The number of fused-ring (bicyclic) bond motifs is 1. The van der Waals surface area contributed by atoms with E-state index in [-0.39, 0.29) is 18.7 Å². The highest BCUT2D eigenvalue weighted by Crippen LogP contribution is 2.35. The molecule has 25 heavy (non-hydrogen) atoms. The lowest BCUT2D eigenvalue weighted by atomic mass is 10.2. The maximum absolute atomic E-state index is 12.3. The third kappa shape index (κ3) is 3.18. The van der Waals surface area contributed by atoms with Gasteiger partial charge in [-0.3, -0.25) is 10.1 Å². The van der Waals surface area contributed by atoms with Gasteiger partial charge in [-0.2, -0.15) is 0 Å². The summed E-state index contributed by atoms with van der Waals surface area (Å²) in [6.45, 7) is 0.178. The number of anilines is 1. The van der Waals surface area contributed by atoms with E-state index in [1.807, 2.05) is 0 Å². The van der Waals surface area contributed by atoms with Crippen LogP contribution >= 0.6 is 27.5 Å². The Hall–Kier alpha value is -2.58. The summed E-state index contributed by atoms with van der Waals surface area (Å²) in [5.41, 5.74) is 0.941. The Morgan fingerprint density at radius 1 is 1.12 bits per heavy atom. The first kappa shape index (κ1) is 15.9. The van der Waals surface area contributed by atoms with E-state index in [2.05, 4.69) is 31.4 Å². The smallest absolute Gasteiger partial charge is 0.322 e. The maximum atomic E-state index is 12.3. The summed E-state index contributed by atoms with van der Waals surface area (Å²) in [5, 5.41) is 10.6. The summed E-state index contributed by atoms with van der Waals surface area (Å²) in [7, 11) is 0. The maximum Gasteiger partial charge on any atom is 0.322 e. The van der Waals surface area contributed by atoms with Crippen LogP contribution in [-0.4, -0.2) is 22.9 Å². The van der Waals surface area contributed by atoms with E-state index in [0.717, 1.165) is 4.47 Å². The number of nitrogens with one attached hydrogen (secondary N) is 1. The van der Waals surface area contributed by atoms with Gasteiger partial charge in [0.1, 0.15) is 0 Å². The van der Waals surface area contributed by atoms with Crippen molar-refractivity contribution in [3.8, 4) is 23.0 Å². The van der Waals surface area contributed by atoms with Gasteiger partial charge in [0.05, 0.1) is 10.6 Å². The number of amides is 1. The fraction of sp³-hybridized carbons (Fsp3) is 0.0625. The molecule has 9 heteroatoms. The highest BCUT2D eigenvalue weighted by Gasteiger charge is 2.18. The lowest BCUT2D eigenvalue weighted by molar-refractivity contribution is 0.102. The largest absolute Gasteiger partial charge is 0.454 e. The van der Waals surface area contributed by atoms with Gasteiger partial charge < -0.3 is 13.9 Å². The normalized spacial score (nSPS) is 12.2. The van der Waals surface area contributed by atoms with Crippen molar-refractivity contribution >= 4 is 39.5 Å². The van der Waals surface area contributed by atoms with Crippen LogP contribution in [0, 0.1) is 0 Å². The van der Waals surface area contributed by atoms with Gasteiger partial charge >= 0.3 is 6.01 Å². The van der Waals surface area contributed by atoms with E-state index in [1.54, 1.807) is 36.4 Å². The molecule has 0 radical (unpaired) electrons. The van der Waals surface area contributed by atoms with Crippen LogP contribution in [0.5, 0.6) is 11.5 Å². The molecule has 1 aliphatic rings. The van der Waals surface area contributed by atoms with Crippen molar-refractivity contribution in [1.82, 2.24) is 10.2 Å². The van der Waals surface area contributed by atoms with Crippen molar-refractivity contribution in [3.05, 3.63) is 51.5 Å². The van der Waals surface area contributed by atoms with E-state index >= 15 is 0 Å². The standard InChI is InChI=1S/C16H9BrClN3O4/c17-9-2-3-11(18)10(6-9)14(22)19-16-21-20-15(25-16)8-1-4-12-13(5-8)24-7-23-12/h1-6H,7H2,(H,19,21,22). The van der Waals surface area contributed by atoms with E-state index in [0.29, 0.717) is 27.6 Å². The van der Waals surface area contributed by atoms with Gasteiger partial charge in [-0.15, -0.1) is 5.10 Å². The van der Waals surface area contributed by atoms with Crippen molar-refractivity contribution in [2.75, 3.05) is 12.1 Å². The van der Waals surface area contributed by atoms with Crippen LogP contribution in [0.4, 0.5) is 6.01 Å². The first-order valence-corrected chi connectivity index (χ1v) is 8.27. The number of aromatic nitrogens is 2. The Kier molecular flexibility index (Phi) is 4.06. The zero-order valence-corrected chi connectivity index (χ0v) is 14.8. The summed E-state index contributed by atoms with van der Waals surface area (Å²) < 4.78 is 16.8. The molecular weight excluding hydrogens is 414 g/mol. The summed E-state index contributed by atoms with van der Waals surface area (Å²) in [6.07, 6.45) is 0. The Balaban J connectivity index is 1.55. The van der Waals surface area contributed by atoms with Gasteiger partial charge in [0.2, 0.25) is 12.7 Å². The molecule has 0 saturated heterocycles. The molecule has 0 unspecified atom stereocenters. The predicted octanol–water partition coefficient (Wildman–Crippen LogP) is 4.13. The Bertz CT molecular complexity index is 976. The minimum atomic E-state index is -0.452. The summed E-state index contributed by atoms with van der Waals surface area (Å²) >= 11 is 9.34. The van der Waals surface area contributed by atoms with Crippen LogP contribution in [0.3, 0.4) is 0 Å². The highest BCUT2D eigenvalue weighted by atomic mass is 79.9. The number of carbonyl (C=O) groups excluding carboxylic acids is 1. The molecule has 0 bridgehead atoms. The highest BCUT2D eigenvalue weighted by molar-refractivity contribution is 9.10. The number of benzene rings is 2. The molecule has 7 nitrogen and oxygen atoms in total. The minimum absolute atomic E-state index is 0.0336. The molecule has 1 N–H and O–H groups in total. The summed E-state index contributed by atoms with van der Waals surface area (Å²) in [6, 6.07) is 10.2. The number of hydrogen-bond acceptors (Lipinski definition) is 6. The molecule has 1 aromatic heterocycles. The lowest BCUT2D eigenvalue weighted by Gasteiger charge is -2.03. The molecule has 4 rings (SSSR count). The van der Waals surface area contributed by atoms with Crippen molar-refractivity contribution < 1.29 is 18.7 Å². The molecule has 2 aromatic carbocycles. The van der Waals surface area contributed by atoms with Crippen LogP contribution in [-0.2, 0) is 0 Å². The zero-order valence-electron chi connectivity index (χ0n) is 12.5. The molecule has 0 spiro atoms. The predicted molar refractivity (Wildman–Crippen MR) is 93.0 cm³/mol. The molecule has 0 atom stereocenters. The van der Waals surface area contributed by atoms with Gasteiger partial charge in [0, 0.05) is 10.0 Å². The second-order valence-corrected chi connectivity index (χ2v) is 6.38. The van der Waals surface area contributed by atoms with E-state index in [1.165, 1.54) is 0 Å². The average Bonchev–Trinajstić information content (AvgIpc) is 3.25. The van der Waals surface area contributed by atoms with Crippen LogP contribution in [0.2, 0.25) is 5.02 Å². The van der Waals surface area contributed by atoms with E-state index in [4.69, 9.17) is 25.5 Å². The quantitative estimate of drug-likeness (QED) is 0.683. The Labute approximate surface area is 155 Å². The summed E-state index contributed by atoms with van der Waals surface area (Å²) in [5.74, 6) is 1.05. The van der Waals surface area contributed by atoms with Gasteiger partial charge in [0.25, 0.3) is 5.91 Å². The number of rotatable bonds is 3. The zero-order chi connectivity index (χ0) is 17.4. The van der Waals surface area contributed by atoms with Crippen LogP contribution in [0.1, 0.15) is 10.4 Å². The average molecular weight is 423 g/mol. The van der Waals surface area contributed by atoms with Crippen LogP contribution < -0.4 is 14.8 Å². The van der Waals surface area contributed by atoms with Crippen molar-refractivity contribution in [2.45, 2.75) is 0 Å². The molecule has 3 aromatic rings. The fourth-order valence-electron chi connectivity index (χ4n) is 2.26. The molecular formula is C16H9BrClN3O4. The monoisotopic (exact) mass is 421 g/mol. The molecule has 126 valence electrons. The van der Waals surface area contributed by atoms with Crippen molar-refractivity contribution in [2.24, 2.45) is 0 Å². The number of hydrogen-bond donors (Lipinski definition) is 1.